The van der Waals surface area contributed by atoms with Gasteiger partial charge in [0.1, 0.15) is 12.4 Å². The zero-order valence-corrected chi connectivity index (χ0v) is 20.1. The Kier molecular flexibility index (Phi) is 11.9. The summed E-state index contributed by atoms with van der Waals surface area (Å²) in [6.07, 6.45) is 3.20. The van der Waals surface area contributed by atoms with Crippen LogP contribution < -0.4 is 15.4 Å². The van der Waals surface area contributed by atoms with E-state index in [2.05, 4.69) is 33.8 Å². The molecule has 0 bridgehead atoms. The van der Waals surface area contributed by atoms with Crippen LogP contribution >= 0.6 is 24.0 Å². The molecule has 6 nitrogen and oxygen atoms in total. The Morgan fingerprint density at radius 1 is 1.03 bits per heavy atom. The quantitative estimate of drug-likeness (QED) is 0.213. The topological polar surface area (TPSA) is 64.1 Å². The van der Waals surface area contributed by atoms with Gasteiger partial charge in [-0.1, -0.05) is 36.4 Å². The molecule has 2 aromatic carbocycles. The van der Waals surface area contributed by atoms with Crippen molar-refractivity contribution >= 4 is 40.7 Å². The maximum absolute atomic E-state index is 5.96. The van der Waals surface area contributed by atoms with E-state index in [1.807, 2.05) is 24.3 Å². The Morgan fingerprint density at radius 2 is 1.80 bits per heavy atom. The van der Waals surface area contributed by atoms with Crippen molar-refractivity contribution in [2.24, 2.45) is 10.9 Å². The van der Waals surface area contributed by atoms with Gasteiger partial charge in [-0.25, -0.2) is 0 Å². The largest absolute Gasteiger partial charge is 0.491 e. The number of ether oxygens (including phenoxy) is 3. The third-order valence-electron chi connectivity index (χ3n) is 5.08. The summed E-state index contributed by atoms with van der Waals surface area (Å²) in [5, 5.41) is 8.94. The van der Waals surface area contributed by atoms with Crippen LogP contribution in [0.15, 0.2) is 47.5 Å². The lowest BCUT2D eigenvalue weighted by Gasteiger charge is -2.21. The minimum Gasteiger partial charge on any atom is -0.491 e. The maximum atomic E-state index is 5.96. The number of halogens is 1. The summed E-state index contributed by atoms with van der Waals surface area (Å²) in [7, 11) is 1.78. The molecule has 0 amide bonds. The van der Waals surface area contributed by atoms with Gasteiger partial charge in [0.05, 0.1) is 6.54 Å². The number of nitrogens with one attached hydrogen (secondary N) is 2. The average Bonchev–Trinajstić information content (AvgIpc) is 2.78. The first-order chi connectivity index (χ1) is 14.4. The molecule has 0 saturated carbocycles. The smallest absolute Gasteiger partial charge is 0.191 e. The van der Waals surface area contributed by atoms with E-state index in [4.69, 9.17) is 14.2 Å². The van der Waals surface area contributed by atoms with E-state index >= 15 is 0 Å². The molecule has 0 radical (unpaired) electrons. The summed E-state index contributed by atoms with van der Waals surface area (Å²) >= 11 is 0. The molecule has 0 aromatic heterocycles. The summed E-state index contributed by atoms with van der Waals surface area (Å²) < 4.78 is 17.1. The van der Waals surface area contributed by atoms with Gasteiger partial charge in [-0.05, 0) is 36.6 Å². The highest BCUT2D eigenvalue weighted by atomic mass is 127. The van der Waals surface area contributed by atoms with Crippen molar-refractivity contribution in [2.45, 2.75) is 19.3 Å². The van der Waals surface area contributed by atoms with E-state index < -0.39 is 0 Å². The number of aliphatic imine (C=N–C) groups is 1. The zero-order valence-electron chi connectivity index (χ0n) is 17.8. The second kappa shape index (κ2) is 14.4. The highest BCUT2D eigenvalue weighted by molar-refractivity contribution is 14.0. The minimum absolute atomic E-state index is 0. The van der Waals surface area contributed by atoms with E-state index in [0.29, 0.717) is 19.1 Å². The SMILES string of the molecule is CN=C(NCCCOCC1CCOCC1)NCCOc1cccc2ccccc12.I. The first-order valence-electron chi connectivity index (χ1n) is 10.6. The van der Waals surface area contributed by atoms with Gasteiger partial charge in [-0.3, -0.25) is 4.99 Å². The molecule has 2 N–H and O–H groups in total. The number of hydrogen-bond acceptors (Lipinski definition) is 4. The van der Waals surface area contributed by atoms with Gasteiger partial charge in [-0.15, -0.1) is 24.0 Å². The van der Waals surface area contributed by atoms with Gasteiger partial charge in [-0.2, -0.15) is 0 Å². The third-order valence-corrected chi connectivity index (χ3v) is 5.08. The van der Waals surface area contributed by atoms with Crippen LogP contribution in [0.5, 0.6) is 5.75 Å². The van der Waals surface area contributed by atoms with Gasteiger partial charge in [0, 0.05) is 45.4 Å². The van der Waals surface area contributed by atoms with Crippen molar-refractivity contribution in [3.63, 3.8) is 0 Å². The van der Waals surface area contributed by atoms with Gasteiger partial charge in [0.15, 0.2) is 5.96 Å². The molecule has 0 atom stereocenters. The van der Waals surface area contributed by atoms with Gasteiger partial charge < -0.3 is 24.8 Å². The molecule has 166 valence electrons. The molecule has 1 aliphatic heterocycles. The fraction of sp³-hybridized carbons (Fsp3) is 0.522. The van der Waals surface area contributed by atoms with Crippen LogP contribution in [0.2, 0.25) is 0 Å². The van der Waals surface area contributed by atoms with Crippen LogP contribution in [0.1, 0.15) is 19.3 Å². The van der Waals surface area contributed by atoms with Crippen molar-refractivity contribution < 1.29 is 14.2 Å². The molecule has 1 aliphatic rings. The Balaban J connectivity index is 0.00000320. The number of fused-ring (bicyclic) bond motifs is 1. The van der Waals surface area contributed by atoms with E-state index in [9.17, 15) is 0 Å². The molecular formula is C23H34IN3O3. The summed E-state index contributed by atoms with van der Waals surface area (Å²) in [5.74, 6) is 2.36. The Hall–Kier alpha value is -1.58. The number of rotatable bonds is 10. The Morgan fingerprint density at radius 3 is 2.63 bits per heavy atom. The molecule has 1 fully saturated rings. The minimum atomic E-state index is 0. The van der Waals surface area contributed by atoms with E-state index in [-0.39, 0.29) is 24.0 Å². The molecular weight excluding hydrogens is 493 g/mol. The molecule has 3 rings (SSSR count). The van der Waals surface area contributed by atoms with Crippen LogP contribution in [-0.2, 0) is 9.47 Å². The summed E-state index contributed by atoms with van der Waals surface area (Å²) in [6.45, 7) is 5.46. The van der Waals surface area contributed by atoms with Crippen molar-refractivity contribution in [1.29, 1.82) is 0 Å². The molecule has 7 heteroatoms. The van der Waals surface area contributed by atoms with Crippen molar-refractivity contribution in [3.05, 3.63) is 42.5 Å². The van der Waals surface area contributed by atoms with Crippen LogP contribution in [0, 0.1) is 5.92 Å². The Labute approximate surface area is 196 Å². The number of nitrogens with zero attached hydrogens (tertiary/aromatic N) is 1. The second-order valence-electron chi connectivity index (χ2n) is 7.24. The second-order valence-corrected chi connectivity index (χ2v) is 7.24. The molecule has 0 unspecified atom stereocenters. The number of guanidine groups is 1. The fourth-order valence-corrected chi connectivity index (χ4v) is 3.42. The summed E-state index contributed by atoms with van der Waals surface area (Å²) in [5.41, 5.74) is 0. The Bertz CT molecular complexity index is 761. The lowest BCUT2D eigenvalue weighted by atomic mass is 10.0. The first-order valence-corrected chi connectivity index (χ1v) is 10.6. The highest BCUT2D eigenvalue weighted by Crippen LogP contribution is 2.24. The standard InChI is InChI=1S/C23H33N3O3.HI/c1-24-23(25-12-5-14-28-18-19-10-15-27-16-11-19)26-13-17-29-22-9-4-7-20-6-2-3-8-21(20)22;/h2-4,6-9,19H,5,10-18H2,1H3,(H2,24,25,26);1H. The van der Waals surface area contributed by atoms with Crippen LogP contribution in [0.4, 0.5) is 0 Å². The average molecular weight is 527 g/mol. The van der Waals surface area contributed by atoms with Gasteiger partial charge >= 0.3 is 0 Å². The van der Waals surface area contributed by atoms with Gasteiger partial charge in [0.2, 0.25) is 0 Å². The molecule has 2 aromatic rings. The lowest BCUT2D eigenvalue weighted by molar-refractivity contribution is 0.0203. The lowest BCUT2D eigenvalue weighted by Crippen LogP contribution is -2.40. The predicted molar refractivity (Wildman–Crippen MR) is 133 cm³/mol. The van der Waals surface area contributed by atoms with Crippen molar-refractivity contribution in [2.75, 3.05) is 53.2 Å². The van der Waals surface area contributed by atoms with Crippen LogP contribution in [0.25, 0.3) is 10.8 Å². The van der Waals surface area contributed by atoms with Gasteiger partial charge in [0.25, 0.3) is 0 Å². The van der Waals surface area contributed by atoms with Crippen LogP contribution in [0.3, 0.4) is 0 Å². The van der Waals surface area contributed by atoms with E-state index in [1.165, 1.54) is 5.39 Å². The number of hydrogen-bond donors (Lipinski definition) is 2. The summed E-state index contributed by atoms with van der Waals surface area (Å²) in [4.78, 5) is 4.26. The molecule has 1 heterocycles. The fourth-order valence-electron chi connectivity index (χ4n) is 3.42. The maximum Gasteiger partial charge on any atom is 0.191 e. The molecule has 0 spiro atoms. The molecule has 30 heavy (non-hydrogen) atoms. The highest BCUT2D eigenvalue weighted by Gasteiger charge is 2.13. The van der Waals surface area contributed by atoms with Crippen LogP contribution in [-0.4, -0.2) is 59.1 Å². The first kappa shape index (κ1) is 24.7. The van der Waals surface area contributed by atoms with Crippen molar-refractivity contribution in [1.82, 2.24) is 10.6 Å². The van der Waals surface area contributed by atoms with Crippen molar-refractivity contribution in [3.8, 4) is 5.75 Å². The molecule has 0 aliphatic carbocycles. The normalized spacial score (nSPS) is 14.9. The van der Waals surface area contributed by atoms with E-state index in [0.717, 1.165) is 69.3 Å². The number of benzene rings is 2. The third kappa shape index (κ3) is 8.28. The predicted octanol–water partition coefficient (Wildman–Crippen LogP) is 3.83. The molecule has 1 saturated heterocycles. The monoisotopic (exact) mass is 527 g/mol. The zero-order chi connectivity index (χ0) is 20.2. The summed E-state index contributed by atoms with van der Waals surface area (Å²) in [6, 6.07) is 14.4. The van der Waals surface area contributed by atoms with E-state index in [1.54, 1.807) is 7.05 Å².